The first-order chi connectivity index (χ1) is 16.5. The molecule has 1 aromatic carbocycles. The van der Waals surface area contributed by atoms with Crippen LogP contribution in [0.1, 0.15) is 43.9 Å². The highest BCUT2D eigenvalue weighted by atomic mass is 19.1. The lowest BCUT2D eigenvalue weighted by Gasteiger charge is -2.43. The summed E-state index contributed by atoms with van der Waals surface area (Å²) in [5.74, 6) is -1.65. The highest BCUT2D eigenvalue weighted by Gasteiger charge is 2.61. The maximum absolute atomic E-state index is 14.8. The van der Waals surface area contributed by atoms with Crippen LogP contribution in [0.5, 0.6) is 5.88 Å². The van der Waals surface area contributed by atoms with Crippen molar-refractivity contribution in [3.05, 3.63) is 47.9 Å². The molecular weight excluding hydrogens is 443 g/mol. The van der Waals surface area contributed by atoms with Crippen molar-refractivity contribution in [1.82, 2.24) is 14.8 Å². The second kappa shape index (κ2) is 7.76. The summed E-state index contributed by atoms with van der Waals surface area (Å²) in [5, 5.41) is 13.7. The summed E-state index contributed by atoms with van der Waals surface area (Å²) in [6, 6.07) is 8.03. The minimum absolute atomic E-state index is 0.0941. The fourth-order valence-corrected chi connectivity index (χ4v) is 5.46. The number of benzene rings is 1. The first-order valence-corrected chi connectivity index (χ1v) is 11.4. The molecule has 34 heavy (non-hydrogen) atoms. The van der Waals surface area contributed by atoms with E-state index in [-0.39, 0.29) is 30.7 Å². The van der Waals surface area contributed by atoms with Gasteiger partial charge in [0.15, 0.2) is 6.23 Å². The molecule has 3 aliphatic rings. The number of hydrogen-bond acceptors (Lipinski definition) is 6. The van der Waals surface area contributed by atoms with Gasteiger partial charge in [-0.2, -0.15) is 5.10 Å². The van der Waals surface area contributed by atoms with E-state index < -0.39 is 29.7 Å². The van der Waals surface area contributed by atoms with Gasteiger partial charge in [0.25, 0.3) is 0 Å². The van der Waals surface area contributed by atoms with Crippen LogP contribution >= 0.6 is 0 Å². The Balaban J connectivity index is 1.21. The Morgan fingerprint density at radius 3 is 2.88 bits per heavy atom. The van der Waals surface area contributed by atoms with E-state index in [0.717, 1.165) is 36.3 Å². The number of fused-ring (bicyclic) bond motifs is 3. The van der Waals surface area contributed by atoms with Crippen molar-refractivity contribution in [2.75, 3.05) is 18.1 Å². The van der Waals surface area contributed by atoms with Crippen molar-refractivity contribution in [2.24, 2.45) is 0 Å². The number of carbonyl (C=O) groups excluding carboxylic acids is 1. The van der Waals surface area contributed by atoms with Gasteiger partial charge in [-0.25, -0.2) is 14.1 Å². The number of anilines is 1. The number of nitrogens with zero attached hydrogens (tertiary/aromatic N) is 4. The molecule has 3 aromatic rings. The summed E-state index contributed by atoms with van der Waals surface area (Å²) < 4.78 is 28.5. The number of aromatic nitrogens is 3. The molecule has 0 bridgehead atoms. The van der Waals surface area contributed by atoms with E-state index in [9.17, 15) is 19.1 Å². The number of ether oxygens (including phenoxy) is 2. The molecule has 1 unspecified atom stereocenters. The number of carbonyl (C=O) groups is 2. The number of carboxylic acids is 1. The van der Waals surface area contributed by atoms with E-state index in [1.165, 1.54) is 12.1 Å². The Morgan fingerprint density at radius 2 is 2.12 bits per heavy atom. The Hall–Kier alpha value is -3.53. The summed E-state index contributed by atoms with van der Waals surface area (Å²) in [5.41, 5.74) is 1.02. The molecule has 2 aromatic heterocycles. The number of pyridine rings is 1. The molecule has 1 atom stereocenters. The third kappa shape index (κ3) is 3.16. The number of halogens is 1. The molecule has 1 spiro atoms. The molecule has 1 N–H and O–H groups in total. The van der Waals surface area contributed by atoms with Gasteiger partial charge in [-0.1, -0.05) is 6.07 Å². The molecule has 10 heteroatoms. The highest BCUT2D eigenvalue weighted by molar-refractivity contribution is 6.11. The summed E-state index contributed by atoms with van der Waals surface area (Å²) in [7, 11) is 0. The monoisotopic (exact) mass is 466 g/mol. The average Bonchev–Trinajstić information content (AvgIpc) is 3.33. The lowest BCUT2D eigenvalue weighted by molar-refractivity contribution is -0.138. The van der Waals surface area contributed by atoms with Crippen LogP contribution < -0.4 is 9.64 Å². The molecule has 1 amide bonds. The van der Waals surface area contributed by atoms with Crippen LogP contribution in [0, 0.1) is 5.82 Å². The fraction of sp³-hybridized carbons (Fsp3) is 0.417. The summed E-state index contributed by atoms with van der Waals surface area (Å²) in [6.07, 6.45) is 4.81. The molecule has 0 radical (unpaired) electrons. The van der Waals surface area contributed by atoms with E-state index in [2.05, 4.69) is 10.1 Å². The van der Waals surface area contributed by atoms with Gasteiger partial charge in [0.2, 0.25) is 11.8 Å². The van der Waals surface area contributed by atoms with Gasteiger partial charge in [0.05, 0.1) is 22.8 Å². The third-order valence-corrected chi connectivity index (χ3v) is 7.01. The predicted octanol–water partition coefficient (Wildman–Crippen LogP) is 3.18. The van der Waals surface area contributed by atoms with Crippen LogP contribution in [0.15, 0.2) is 36.5 Å². The van der Waals surface area contributed by atoms with E-state index >= 15 is 0 Å². The van der Waals surface area contributed by atoms with Crippen LogP contribution in [0.25, 0.3) is 11.0 Å². The maximum Gasteiger partial charge on any atom is 0.323 e. The maximum atomic E-state index is 14.8. The smallest absolute Gasteiger partial charge is 0.323 e. The van der Waals surface area contributed by atoms with Crippen LogP contribution in [0.2, 0.25) is 0 Å². The number of hydrogen-bond donors (Lipinski definition) is 1. The van der Waals surface area contributed by atoms with Crippen LogP contribution in [-0.2, 0) is 19.7 Å². The molecule has 2 aliphatic heterocycles. The molecule has 1 saturated heterocycles. The SMILES string of the molecule is O=C(O)CN1C(=O)C2(CC(Oc3ccc4c(cnn4C4CCCCO4)n3)C2)c2c(F)cccc21. The van der Waals surface area contributed by atoms with Gasteiger partial charge in [-0.15, -0.1) is 0 Å². The molecule has 2 fully saturated rings. The molecule has 1 saturated carbocycles. The van der Waals surface area contributed by atoms with Crippen molar-refractivity contribution in [2.45, 2.75) is 49.9 Å². The van der Waals surface area contributed by atoms with Crippen LogP contribution in [0.3, 0.4) is 0 Å². The van der Waals surface area contributed by atoms with Crippen molar-refractivity contribution in [3.8, 4) is 5.88 Å². The van der Waals surface area contributed by atoms with E-state index in [1.54, 1.807) is 18.3 Å². The van der Waals surface area contributed by atoms with Gasteiger partial charge in [0.1, 0.15) is 24.0 Å². The number of rotatable bonds is 5. The second-order valence-corrected chi connectivity index (χ2v) is 9.11. The average molecular weight is 466 g/mol. The number of aliphatic carboxylic acids is 1. The molecule has 6 rings (SSSR count). The second-order valence-electron chi connectivity index (χ2n) is 9.11. The van der Waals surface area contributed by atoms with E-state index in [4.69, 9.17) is 9.47 Å². The number of amides is 1. The minimum Gasteiger partial charge on any atom is -0.480 e. The van der Waals surface area contributed by atoms with Gasteiger partial charge in [-0.3, -0.25) is 9.59 Å². The predicted molar refractivity (Wildman–Crippen MR) is 118 cm³/mol. The van der Waals surface area contributed by atoms with Gasteiger partial charge in [-0.05, 0) is 37.5 Å². The zero-order chi connectivity index (χ0) is 23.4. The number of carboxylic acid groups (broad SMARTS) is 1. The Morgan fingerprint density at radius 1 is 1.26 bits per heavy atom. The first-order valence-electron chi connectivity index (χ1n) is 11.4. The Labute approximate surface area is 194 Å². The van der Waals surface area contributed by atoms with Crippen LogP contribution in [0.4, 0.5) is 10.1 Å². The van der Waals surface area contributed by atoms with Crippen molar-refractivity contribution >= 4 is 28.6 Å². The first kappa shape index (κ1) is 21.0. The molecule has 9 nitrogen and oxygen atoms in total. The lowest BCUT2D eigenvalue weighted by Crippen LogP contribution is -2.54. The minimum atomic E-state index is -1.15. The van der Waals surface area contributed by atoms with Gasteiger partial charge < -0.3 is 19.5 Å². The van der Waals surface area contributed by atoms with Gasteiger partial charge in [0, 0.05) is 31.1 Å². The van der Waals surface area contributed by atoms with Gasteiger partial charge >= 0.3 is 5.97 Å². The summed E-state index contributed by atoms with van der Waals surface area (Å²) >= 11 is 0. The largest absolute Gasteiger partial charge is 0.480 e. The Kier molecular flexibility index (Phi) is 4.80. The van der Waals surface area contributed by atoms with E-state index in [1.807, 2.05) is 10.7 Å². The lowest BCUT2D eigenvalue weighted by atomic mass is 9.63. The zero-order valence-corrected chi connectivity index (χ0v) is 18.3. The summed E-state index contributed by atoms with van der Waals surface area (Å²) in [4.78, 5) is 30.2. The van der Waals surface area contributed by atoms with Crippen molar-refractivity contribution in [1.29, 1.82) is 0 Å². The third-order valence-electron chi connectivity index (χ3n) is 7.01. The quantitative estimate of drug-likeness (QED) is 0.615. The molecular formula is C24H23FN4O5. The fourth-order valence-electron chi connectivity index (χ4n) is 5.46. The van der Waals surface area contributed by atoms with Crippen molar-refractivity contribution in [3.63, 3.8) is 0 Å². The molecule has 176 valence electrons. The van der Waals surface area contributed by atoms with Crippen LogP contribution in [-0.4, -0.2) is 51.0 Å². The highest BCUT2D eigenvalue weighted by Crippen LogP contribution is 2.55. The zero-order valence-electron chi connectivity index (χ0n) is 18.3. The Bertz CT molecular complexity index is 1300. The standard InChI is InChI=1S/C24H23FN4O5/c25-15-4-3-5-18-22(15)24(23(32)28(18)13-21(30)31)10-14(11-24)34-19-8-7-17-16(27-19)12-26-29(17)20-6-1-2-9-33-20/h3-5,7-8,12,14,20H,1-2,6,9-11,13H2,(H,30,31). The van der Waals surface area contributed by atoms with Crippen molar-refractivity contribution < 1.29 is 28.6 Å². The van der Waals surface area contributed by atoms with E-state index in [0.29, 0.717) is 17.1 Å². The molecule has 1 aliphatic carbocycles. The summed E-state index contributed by atoms with van der Waals surface area (Å²) in [6.45, 7) is 0.214. The molecule has 4 heterocycles. The normalized spacial score (nSPS) is 26.0. The topological polar surface area (TPSA) is 107 Å².